The average Bonchev–Trinajstić information content (AvgIpc) is 2.54. The summed E-state index contributed by atoms with van der Waals surface area (Å²) >= 11 is 6.01. The summed E-state index contributed by atoms with van der Waals surface area (Å²) in [4.78, 5) is 27.6. The molecular formula is C16H23ClN4O2. The van der Waals surface area contributed by atoms with Crippen LogP contribution in [0.2, 0.25) is 5.02 Å². The number of amides is 3. The Kier molecular flexibility index (Phi) is 6.38. The van der Waals surface area contributed by atoms with Crippen LogP contribution in [0.15, 0.2) is 24.3 Å². The van der Waals surface area contributed by atoms with E-state index in [1.807, 2.05) is 25.1 Å². The van der Waals surface area contributed by atoms with Crippen LogP contribution in [0, 0.1) is 0 Å². The Balaban J connectivity index is 1.81. The van der Waals surface area contributed by atoms with Crippen LogP contribution in [0.4, 0.5) is 4.79 Å². The Morgan fingerprint density at radius 2 is 1.96 bits per heavy atom. The van der Waals surface area contributed by atoms with Crippen LogP contribution >= 0.6 is 11.6 Å². The molecule has 1 aromatic rings. The lowest BCUT2D eigenvalue weighted by Crippen LogP contribution is -2.55. The largest absolute Gasteiger partial charge is 0.341 e. The van der Waals surface area contributed by atoms with Gasteiger partial charge in [-0.25, -0.2) is 4.79 Å². The molecule has 0 unspecified atom stereocenters. The van der Waals surface area contributed by atoms with E-state index >= 15 is 0 Å². The SMILES string of the molecule is CNC(=O)NC(=O)[C@@H](C)N1CCN(Cc2cccc(Cl)c2)CC1. The predicted octanol–water partition coefficient (Wildman–Crippen LogP) is 1.30. The maximum atomic E-state index is 12.0. The number of urea groups is 1. The molecule has 1 aromatic carbocycles. The van der Waals surface area contributed by atoms with Crippen molar-refractivity contribution in [1.82, 2.24) is 20.4 Å². The number of halogens is 1. The van der Waals surface area contributed by atoms with E-state index in [9.17, 15) is 9.59 Å². The molecule has 1 fully saturated rings. The van der Waals surface area contributed by atoms with Gasteiger partial charge in [0.25, 0.3) is 0 Å². The van der Waals surface area contributed by atoms with Crippen LogP contribution in [0.1, 0.15) is 12.5 Å². The minimum atomic E-state index is -0.471. The molecule has 0 radical (unpaired) electrons. The number of carbonyl (C=O) groups is 2. The Morgan fingerprint density at radius 3 is 2.57 bits per heavy atom. The second kappa shape index (κ2) is 8.29. The van der Waals surface area contributed by atoms with Gasteiger partial charge in [0.1, 0.15) is 0 Å². The highest BCUT2D eigenvalue weighted by atomic mass is 35.5. The Labute approximate surface area is 141 Å². The van der Waals surface area contributed by atoms with Gasteiger partial charge in [0.15, 0.2) is 0 Å². The van der Waals surface area contributed by atoms with Crippen LogP contribution in [0.25, 0.3) is 0 Å². The fourth-order valence-corrected chi connectivity index (χ4v) is 2.86. The van der Waals surface area contributed by atoms with Gasteiger partial charge in [0.2, 0.25) is 5.91 Å². The standard InChI is InChI=1S/C16H23ClN4O2/c1-12(15(22)19-16(23)18-2)21-8-6-20(7-9-21)11-13-4-3-5-14(17)10-13/h3-5,10,12H,6-9,11H2,1-2H3,(H2,18,19,22,23)/t12-/m1/s1. The van der Waals surface area contributed by atoms with E-state index in [2.05, 4.69) is 26.5 Å². The van der Waals surface area contributed by atoms with Gasteiger partial charge in [-0.15, -0.1) is 0 Å². The van der Waals surface area contributed by atoms with Crippen molar-refractivity contribution in [3.63, 3.8) is 0 Å². The molecule has 7 heteroatoms. The van der Waals surface area contributed by atoms with E-state index in [1.54, 1.807) is 0 Å². The summed E-state index contributed by atoms with van der Waals surface area (Å²) in [5.74, 6) is -0.271. The number of imide groups is 1. The summed E-state index contributed by atoms with van der Waals surface area (Å²) in [5, 5.41) is 5.46. The second-order valence-electron chi connectivity index (χ2n) is 5.69. The lowest BCUT2D eigenvalue weighted by atomic mass is 10.1. The summed E-state index contributed by atoms with van der Waals surface area (Å²) in [5.41, 5.74) is 1.19. The van der Waals surface area contributed by atoms with Gasteiger partial charge in [-0.1, -0.05) is 23.7 Å². The molecule has 1 heterocycles. The molecule has 1 aliphatic rings. The summed E-state index contributed by atoms with van der Waals surface area (Å²) in [6.07, 6.45) is 0. The molecule has 0 bridgehead atoms. The highest BCUT2D eigenvalue weighted by Gasteiger charge is 2.26. The van der Waals surface area contributed by atoms with Crippen molar-refractivity contribution in [3.05, 3.63) is 34.9 Å². The molecule has 23 heavy (non-hydrogen) atoms. The smallest absolute Gasteiger partial charge is 0.321 e. The second-order valence-corrected chi connectivity index (χ2v) is 6.12. The van der Waals surface area contributed by atoms with Crippen LogP contribution < -0.4 is 10.6 Å². The molecular weight excluding hydrogens is 316 g/mol. The predicted molar refractivity (Wildman–Crippen MR) is 90.4 cm³/mol. The lowest BCUT2D eigenvalue weighted by molar-refractivity contribution is -0.125. The number of nitrogens with zero attached hydrogens (tertiary/aromatic N) is 2. The van der Waals surface area contributed by atoms with Crippen molar-refractivity contribution < 1.29 is 9.59 Å². The maximum Gasteiger partial charge on any atom is 0.321 e. The molecule has 6 nitrogen and oxygen atoms in total. The van der Waals surface area contributed by atoms with E-state index in [0.29, 0.717) is 0 Å². The molecule has 126 valence electrons. The number of benzene rings is 1. The minimum Gasteiger partial charge on any atom is -0.341 e. The van der Waals surface area contributed by atoms with E-state index < -0.39 is 6.03 Å². The Bertz CT molecular complexity index is 559. The first-order valence-corrected chi connectivity index (χ1v) is 8.11. The van der Waals surface area contributed by atoms with Crippen LogP contribution in [0.5, 0.6) is 0 Å². The van der Waals surface area contributed by atoms with Crippen molar-refractivity contribution in [2.75, 3.05) is 33.2 Å². The van der Waals surface area contributed by atoms with Gasteiger partial charge in [-0.2, -0.15) is 0 Å². The monoisotopic (exact) mass is 338 g/mol. The topological polar surface area (TPSA) is 64.7 Å². The quantitative estimate of drug-likeness (QED) is 0.868. The van der Waals surface area contributed by atoms with Crippen molar-refractivity contribution >= 4 is 23.5 Å². The van der Waals surface area contributed by atoms with Crippen molar-refractivity contribution in [1.29, 1.82) is 0 Å². The van der Waals surface area contributed by atoms with Crippen molar-refractivity contribution in [3.8, 4) is 0 Å². The van der Waals surface area contributed by atoms with Crippen LogP contribution in [0.3, 0.4) is 0 Å². The first-order chi connectivity index (χ1) is 11.0. The third-order valence-electron chi connectivity index (χ3n) is 4.09. The molecule has 3 amide bonds. The third-order valence-corrected chi connectivity index (χ3v) is 4.33. The number of nitrogens with one attached hydrogen (secondary N) is 2. The van der Waals surface area contributed by atoms with Gasteiger partial charge < -0.3 is 5.32 Å². The highest BCUT2D eigenvalue weighted by Crippen LogP contribution is 2.14. The lowest BCUT2D eigenvalue weighted by Gasteiger charge is -2.37. The first kappa shape index (κ1) is 17.7. The minimum absolute atomic E-state index is 0.271. The fraction of sp³-hybridized carbons (Fsp3) is 0.500. The molecule has 2 rings (SSSR count). The van der Waals surface area contributed by atoms with E-state index in [1.165, 1.54) is 12.6 Å². The molecule has 1 aliphatic heterocycles. The maximum absolute atomic E-state index is 12.0. The van der Waals surface area contributed by atoms with Crippen LogP contribution in [-0.2, 0) is 11.3 Å². The van der Waals surface area contributed by atoms with Crippen LogP contribution in [-0.4, -0.2) is 61.0 Å². The van der Waals surface area contributed by atoms with E-state index in [-0.39, 0.29) is 11.9 Å². The molecule has 1 saturated heterocycles. The van der Waals surface area contributed by atoms with Crippen molar-refractivity contribution in [2.24, 2.45) is 0 Å². The van der Waals surface area contributed by atoms with Gasteiger partial charge >= 0.3 is 6.03 Å². The average molecular weight is 339 g/mol. The zero-order chi connectivity index (χ0) is 16.8. The normalized spacial score (nSPS) is 17.5. The molecule has 0 spiro atoms. The molecule has 1 atom stereocenters. The summed E-state index contributed by atoms with van der Waals surface area (Å²) in [7, 11) is 1.49. The molecule has 0 saturated carbocycles. The Morgan fingerprint density at radius 1 is 1.26 bits per heavy atom. The van der Waals surface area contributed by atoms with Gasteiger partial charge in [-0.3, -0.25) is 19.9 Å². The van der Waals surface area contributed by atoms with Gasteiger partial charge in [0.05, 0.1) is 6.04 Å². The van der Waals surface area contributed by atoms with Gasteiger partial charge in [-0.05, 0) is 24.6 Å². The third kappa shape index (κ3) is 5.20. The van der Waals surface area contributed by atoms with E-state index in [0.717, 1.165) is 37.7 Å². The molecule has 0 aromatic heterocycles. The van der Waals surface area contributed by atoms with Gasteiger partial charge in [0, 0.05) is 44.8 Å². The number of hydrogen-bond donors (Lipinski definition) is 2. The fourth-order valence-electron chi connectivity index (χ4n) is 2.65. The first-order valence-electron chi connectivity index (χ1n) is 7.73. The zero-order valence-electron chi connectivity index (χ0n) is 13.5. The number of carbonyl (C=O) groups excluding carboxylic acids is 2. The number of hydrogen-bond acceptors (Lipinski definition) is 4. The Hall–Kier alpha value is -1.63. The summed E-state index contributed by atoms with van der Waals surface area (Å²) in [6, 6.07) is 7.09. The van der Waals surface area contributed by atoms with Crippen molar-refractivity contribution in [2.45, 2.75) is 19.5 Å². The summed E-state index contributed by atoms with van der Waals surface area (Å²) in [6.45, 7) is 6.03. The summed E-state index contributed by atoms with van der Waals surface area (Å²) < 4.78 is 0. The number of piperazine rings is 1. The molecule has 0 aliphatic carbocycles. The highest BCUT2D eigenvalue weighted by molar-refractivity contribution is 6.30. The molecule has 2 N–H and O–H groups in total. The zero-order valence-corrected chi connectivity index (χ0v) is 14.3. The number of rotatable bonds is 4. The van der Waals surface area contributed by atoms with E-state index in [4.69, 9.17) is 11.6 Å².